The molecule has 0 fully saturated rings. The highest BCUT2D eigenvalue weighted by molar-refractivity contribution is 9.10. The molecule has 0 saturated carbocycles. The highest BCUT2D eigenvalue weighted by Gasteiger charge is 2.33. The Balaban J connectivity index is 1.34. The third-order valence-corrected chi connectivity index (χ3v) is 9.71. The Bertz CT molecular complexity index is 2180. The number of ether oxygens (including phenoxy) is 3. The van der Waals surface area contributed by atoms with E-state index in [1.807, 2.05) is 99.6 Å². The first-order chi connectivity index (χ1) is 23.2. The molecule has 8 nitrogen and oxygen atoms in total. The maximum Gasteiger partial charge on any atom is 0.338 e. The molecule has 0 spiro atoms. The van der Waals surface area contributed by atoms with E-state index >= 15 is 0 Å². The molecule has 2 aromatic heterocycles. The van der Waals surface area contributed by atoms with E-state index in [9.17, 15) is 9.59 Å². The minimum atomic E-state index is -0.685. The Kier molecular flexibility index (Phi) is 9.84. The highest BCUT2D eigenvalue weighted by atomic mass is 79.9. The van der Waals surface area contributed by atoms with Crippen LogP contribution in [-0.2, 0) is 16.1 Å². The number of thiazole rings is 1. The fraction of sp³-hybridized carbons (Fsp3) is 0.237. The predicted molar refractivity (Wildman–Crippen MR) is 192 cm³/mol. The number of halogens is 1. The van der Waals surface area contributed by atoms with Crippen molar-refractivity contribution >= 4 is 39.3 Å². The summed E-state index contributed by atoms with van der Waals surface area (Å²) in [5.41, 5.74) is 6.46. The van der Waals surface area contributed by atoms with Crippen molar-refractivity contribution in [3.05, 3.63) is 142 Å². The number of carbonyl (C=O) groups is 1. The third-order valence-electron chi connectivity index (χ3n) is 8.19. The van der Waals surface area contributed by atoms with Gasteiger partial charge in [0, 0.05) is 21.5 Å². The van der Waals surface area contributed by atoms with E-state index in [0.29, 0.717) is 39.6 Å². The number of aryl methyl sites for hydroxylation is 1. The van der Waals surface area contributed by atoms with Crippen LogP contribution < -0.4 is 24.4 Å². The van der Waals surface area contributed by atoms with E-state index in [4.69, 9.17) is 19.2 Å². The summed E-state index contributed by atoms with van der Waals surface area (Å²) in [6, 6.07) is 24.9. The molecule has 246 valence electrons. The van der Waals surface area contributed by atoms with Gasteiger partial charge in [-0.05, 0) is 112 Å². The molecule has 3 aromatic carbocycles. The van der Waals surface area contributed by atoms with E-state index in [-0.39, 0.29) is 12.2 Å². The van der Waals surface area contributed by atoms with Crippen LogP contribution in [0.3, 0.4) is 0 Å². The predicted octanol–water partition coefficient (Wildman–Crippen LogP) is 6.95. The Hall–Kier alpha value is -4.67. The van der Waals surface area contributed by atoms with Gasteiger partial charge in [-0.2, -0.15) is 0 Å². The molecule has 5 aromatic rings. The van der Waals surface area contributed by atoms with Crippen LogP contribution >= 0.6 is 27.3 Å². The lowest BCUT2D eigenvalue weighted by Gasteiger charge is -2.24. The molecule has 10 heteroatoms. The van der Waals surface area contributed by atoms with Crippen LogP contribution in [0.2, 0.25) is 0 Å². The second kappa shape index (κ2) is 14.2. The molecule has 6 rings (SSSR count). The summed E-state index contributed by atoms with van der Waals surface area (Å²) in [7, 11) is 0. The van der Waals surface area contributed by atoms with Crippen LogP contribution in [0.15, 0.2) is 104 Å². The number of esters is 1. The zero-order chi connectivity index (χ0) is 33.9. The number of benzene rings is 3. The Labute approximate surface area is 291 Å². The second-order valence-electron chi connectivity index (χ2n) is 11.4. The Morgan fingerprint density at radius 2 is 1.58 bits per heavy atom. The molecule has 0 bridgehead atoms. The number of hydrogen-bond donors (Lipinski definition) is 0. The SMILES string of the molecule is CCOC(=O)C1=C(C)N=c2s/c(=C\c3cc(C)n(-c4ccc(OCc5ccc(Br)cc5)cc4)c3C)c(=O)n2[C@@H]1c1ccc(OCC)cc1. The maximum absolute atomic E-state index is 14.2. The molecule has 0 radical (unpaired) electrons. The molecule has 1 aliphatic rings. The van der Waals surface area contributed by atoms with Crippen molar-refractivity contribution in [1.29, 1.82) is 0 Å². The van der Waals surface area contributed by atoms with E-state index in [2.05, 4.69) is 26.6 Å². The van der Waals surface area contributed by atoms with Gasteiger partial charge in [0.2, 0.25) is 0 Å². The summed E-state index contributed by atoms with van der Waals surface area (Å²) in [6.45, 7) is 10.8. The van der Waals surface area contributed by atoms with Crippen LogP contribution in [-0.4, -0.2) is 28.3 Å². The molecule has 0 saturated heterocycles. The molecule has 1 atom stereocenters. The lowest BCUT2D eigenvalue weighted by atomic mass is 9.96. The summed E-state index contributed by atoms with van der Waals surface area (Å²) in [5.74, 6) is 1.01. The van der Waals surface area contributed by atoms with Gasteiger partial charge in [0.15, 0.2) is 4.80 Å². The number of hydrogen-bond acceptors (Lipinski definition) is 7. The molecule has 3 heterocycles. The first kappa shape index (κ1) is 33.2. The lowest BCUT2D eigenvalue weighted by Crippen LogP contribution is -2.39. The monoisotopic (exact) mass is 725 g/mol. The van der Waals surface area contributed by atoms with Gasteiger partial charge in [0.25, 0.3) is 5.56 Å². The third kappa shape index (κ3) is 6.68. The van der Waals surface area contributed by atoms with Crippen molar-refractivity contribution in [2.24, 2.45) is 4.99 Å². The minimum Gasteiger partial charge on any atom is -0.494 e. The normalized spacial score (nSPS) is 14.5. The zero-order valence-corrected chi connectivity index (χ0v) is 29.9. The summed E-state index contributed by atoms with van der Waals surface area (Å²) >= 11 is 4.78. The maximum atomic E-state index is 14.2. The van der Waals surface area contributed by atoms with Crippen molar-refractivity contribution < 1.29 is 19.0 Å². The smallest absolute Gasteiger partial charge is 0.338 e. The van der Waals surface area contributed by atoms with Crippen molar-refractivity contribution in [2.75, 3.05) is 13.2 Å². The van der Waals surface area contributed by atoms with E-state index in [0.717, 1.165) is 44.0 Å². The molecule has 0 unspecified atom stereocenters. The van der Waals surface area contributed by atoms with E-state index in [1.54, 1.807) is 18.4 Å². The number of fused-ring (bicyclic) bond motifs is 1. The van der Waals surface area contributed by atoms with Gasteiger partial charge < -0.3 is 18.8 Å². The molecular formula is C38H36BrN3O5S. The van der Waals surface area contributed by atoms with E-state index < -0.39 is 12.0 Å². The van der Waals surface area contributed by atoms with Crippen molar-refractivity contribution in [3.63, 3.8) is 0 Å². The first-order valence-electron chi connectivity index (χ1n) is 15.8. The molecule has 48 heavy (non-hydrogen) atoms. The van der Waals surface area contributed by atoms with Gasteiger partial charge in [-0.3, -0.25) is 9.36 Å². The number of allylic oxidation sites excluding steroid dienone is 1. The van der Waals surface area contributed by atoms with Gasteiger partial charge >= 0.3 is 5.97 Å². The molecule has 1 aliphatic heterocycles. The van der Waals surface area contributed by atoms with Gasteiger partial charge in [-0.1, -0.05) is 51.5 Å². The number of aromatic nitrogens is 2. The van der Waals surface area contributed by atoms with Crippen LogP contribution in [0.4, 0.5) is 0 Å². The van der Waals surface area contributed by atoms with Crippen LogP contribution in [0, 0.1) is 13.8 Å². The lowest BCUT2D eigenvalue weighted by molar-refractivity contribution is -0.139. The van der Waals surface area contributed by atoms with E-state index in [1.165, 1.54) is 11.3 Å². The summed E-state index contributed by atoms with van der Waals surface area (Å²) < 4.78 is 22.4. The fourth-order valence-corrected chi connectivity index (χ4v) is 7.23. The summed E-state index contributed by atoms with van der Waals surface area (Å²) in [5, 5.41) is 0. The average Bonchev–Trinajstić information content (AvgIpc) is 3.53. The molecule has 0 N–H and O–H groups in total. The second-order valence-corrected chi connectivity index (χ2v) is 13.3. The van der Waals surface area contributed by atoms with Gasteiger partial charge in [-0.15, -0.1) is 0 Å². The summed E-state index contributed by atoms with van der Waals surface area (Å²) in [6.07, 6.45) is 1.91. The van der Waals surface area contributed by atoms with Gasteiger partial charge in [-0.25, -0.2) is 9.79 Å². The largest absolute Gasteiger partial charge is 0.494 e. The quantitative estimate of drug-likeness (QED) is 0.146. The van der Waals surface area contributed by atoms with Gasteiger partial charge in [0.1, 0.15) is 18.1 Å². The van der Waals surface area contributed by atoms with Crippen molar-refractivity contribution in [2.45, 2.75) is 47.3 Å². The minimum absolute atomic E-state index is 0.216. The molecule has 0 amide bonds. The Morgan fingerprint density at radius 1 is 0.917 bits per heavy atom. The van der Waals surface area contributed by atoms with Crippen molar-refractivity contribution in [3.8, 4) is 17.2 Å². The van der Waals surface area contributed by atoms with Crippen LogP contribution in [0.25, 0.3) is 11.8 Å². The first-order valence-corrected chi connectivity index (χ1v) is 17.4. The highest BCUT2D eigenvalue weighted by Crippen LogP contribution is 2.32. The average molecular weight is 727 g/mol. The van der Waals surface area contributed by atoms with Crippen molar-refractivity contribution in [1.82, 2.24) is 9.13 Å². The number of carbonyl (C=O) groups excluding carboxylic acids is 1. The Morgan fingerprint density at radius 3 is 2.25 bits per heavy atom. The number of nitrogens with zero attached hydrogens (tertiary/aromatic N) is 3. The topological polar surface area (TPSA) is 84.0 Å². The fourth-order valence-electron chi connectivity index (χ4n) is 5.93. The standard InChI is InChI=1S/C38H36BrN3O5S/c1-6-45-31-16-10-27(11-17-31)35-34(37(44)46-7-2)24(4)40-38-42(35)36(43)33(48-38)21-28-20-23(3)41(25(28)5)30-14-18-32(19-15-30)47-22-26-8-12-29(39)13-9-26/h8-21,35H,6-7,22H2,1-5H3/b33-21-/t35-/m1/s1. The molecular weight excluding hydrogens is 690 g/mol. The number of rotatable bonds is 10. The summed E-state index contributed by atoms with van der Waals surface area (Å²) in [4.78, 5) is 32.6. The van der Waals surface area contributed by atoms with Crippen LogP contribution in [0.1, 0.15) is 54.9 Å². The molecule has 0 aliphatic carbocycles. The van der Waals surface area contributed by atoms with Crippen LogP contribution in [0.5, 0.6) is 11.5 Å². The van der Waals surface area contributed by atoms with Gasteiger partial charge in [0.05, 0.1) is 35.1 Å². The zero-order valence-electron chi connectivity index (χ0n) is 27.5.